The van der Waals surface area contributed by atoms with E-state index >= 15 is 0 Å². The summed E-state index contributed by atoms with van der Waals surface area (Å²) >= 11 is 0. The molecule has 1 saturated heterocycles. The summed E-state index contributed by atoms with van der Waals surface area (Å²) in [4.78, 5) is 2.54. The van der Waals surface area contributed by atoms with Crippen molar-refractivity contribution in [3.05, 3.63) is 29.8 Å². The summed E-state index contributed by atoms with van der Waals surface area (Å²) in [5, 5.41) is 0. The first-order valence-electron chi connectivity index (χ1n) is 6.97. The molecule has 1 heteroatoms. The summed E-state index contributed by atoms with van der Waals surface area (Å²) in [7, 11) is 0. The molecule has 1 nitrogen and oxygen atoms in total. The number of rotatable bonds is 3. The van der Waals surface area contributed by atoms with Gasteiger partial charge in [-0.05, 0) is 50.2 Å². The van der Waals surface area contributed by atoms with Gasteiger partial charge in [-0.3, -0.25) is 0 Å². The Kier molecular flexibility index (Phi) is 4.09. The Morgan fingerprint density at radius 1 is 1.12 bits per heavy atom. The number of hydrogen-bond donors (Lipinski definition) is 0. The van der Waals surface area contributed by atoms with Gasteiger partial charge < -0.3 is 4.90 Å². The Labute approximate surface area is 106 Å². The molecule has 0 bridgehead atoms. The Hall–Kier alpha value is -0.980. The van der Waals surface area contributed by atoms with Crippen molar-refractivity contribution in [1.29, 1.82) is 0 Å². The van der Waals surface area contributed by atoms with Crippen LogP contribution in [0.25, 0.3) is 0 Å². The molecule has 1 heterocycles. The minimum absolute atomic E-state index is 0.853. The SMILES string of the molecule is Cc1ccc(N2CCC(CC(C)C)CC2)cc1. The van der Waals surface area contributed by atoms with E-state index in [1.54, 1.807) is 0 Å². The van der Waals surface area contributed by atoms with Gasteiger partial charge in [0.1, 0.15) is 0 Å². The minimum Gasteiger partial charge on any atom is -0.372 e. The molecule has 0 aliphatic carbocycles. The lowest BCUT2D eigenvalue weighted by molar-refractivity contribution is 0.338. The summed E-state index contributed by atoms with van der Waals surface area (Å²) in [6.45, 7) is 9.30. The fourth-order valence-corrected chi connectivity index (χ4v) is 2.85. The molecule has 2 rings (SSSR count). The molecule has 17 heavy (non-hydrogen) atoms. The molecule has 1 aliphatic rings. The molecule has 0 aromatic heterocycles. The highest BCUT2D eigenvalue weighted by Gasteiger charge is 2.19. The highest BCUT2D eigenvalue weighted by Crippen LogP contribution is 2.27. The van der Waals surface area contributed by atoms with E-state index in [2.05, 4.69) is 49.9 Å². The lowest BCUT2D eigenvalue weighted by Crippen LogP contribution is -2.33. The molecule has 0 atom stereocenters. The van der Waals surface area contributed by atoms with Gasteiger partial charge in [-0.15, -0.1) is 0 Å². The van der Waals surface area contributed by atoms with E-state index in [1.165, 1.54) is 43.6 Å². The molecule has 1 aromatic rings. The predicted molar refractivity (Wildman–Crippen MR) is 75.6 cm³/mol. The van der Waals surface area contributed by atoms with Crippen molar-refractivity contribution in [2.45, 2.75) is 40.0 Å². The maximum absolute atomic E-state index is 2.54. The van der Waals surface area contributed by atoms with Crippen molar-refractivity contribution in [1.82, 2.24) is 0 Å². The standard InChI is InChI=1S/C16H25N/c1-13(2)12-15-8-10-17(11-9-15)16-6-4-14(3)5-7-16/h4-7,13,15H,8-12H2,1-3H3. The summed E-state index contributed by atoms with van der Waals surface area (Å²) in [6, 6.07) is 8.96. The number of nitrogens with zero attached hydrogens (tertiary/aromatic N) is 1. The van der Waals surface area contributed by atoms with Crippen LogP contribution in [-0.4, -0.2) is 13.1 Å². The van der Waals surface area contributed by atoms with E-state index in [0.29, 0.717) is 0 Å². The zero-order chi connectivity index (χ0) is 12.3. The van der Waals surface area contributed by atoms with E-state index in [0.717, 1.165) is 11.8 Å². The predicted octanol–water partition coefficient (Wildman–Crippen LogP) is 4.26. The van der Waals surface area contributed by atoms with Crippen LogP contribution in [0.5, 0.6) is 0 Å². The Morgan fingerprint density at radius 2 is 1.71 bits per heavy atom. The third kappa shape index (κ3) is 3.49. The molecule has 0 N–H and O–H groups in total. The van der Waals surface area contributed by atoms with Gasteiger partial charge in [0.25, 0.3) is 0 Å². The van der Waals surface area contributed by atoms with Crippen molar-refractivity contribution in [3.8, 4) is 0 Å². The fraction of sp³-hybridized carbons (Fsp3) is 0.625. The third-order valence-electron chi connectivity index (χ3n) is 3.82. The van der Waals surface area contributed by atoms with Crippen LogP contribution in [0.15, 0.2) is 24.3 Å². The molecular weight excluding hydrogens is 206 g/mol. The molecule has 1 aromatic carbocycles. The lowest BCUT2D eigenvalue weighted by Gasteiger charge is -2.34. The summed E-state index contributed by atoms with van der Waals surface area (Å²) in [5.74, 6) is 1.81. The van der Waals surface area contributed by atoms with Crippen LogP contribution < -0.4 is 4.90 Å². The van der Waals surface area contributed by atoms with E-state index in [-0.39, 0.29) is 0 Å². The van der Waals surface area contributed by atoms with Gasteiger partial charge >= 0.3 is 0 Å². The Balaban J connectivity index is 1.88. The fourth-order valence-electron chi connectivity index (χ4n) is 2.85. The van der Waals surface area contributed by atoms with Gasteiger partial charge in [-0.2, -0.15) is 0 Å². The van der Waals surface area contributed by atoms with Crippen LogP contribution in [0, 0.1) is 18.8 Å². The highest BCUT2D eigenvalue weighted by molar-refractivity contribution is 5.47. The highest BCUT2D eigenvalue weighted by atomic mass is 15.1. The molecule has 0 unspecified atom stereocenters. The van der Waals surface area contributed by atoms with Gasteiger partial charge in [-0.1, -0.05) is 31.5 Å². The van der Waals surface area contributed by atoms with Gasteiger partial charge in [0.2, 0.25) is 0 Å². The largest absolute Gasteiger partial charge is 0.372 e. The second-order valence-corrected chi connectivity index (χ2v) is 5.90. The van der Waals surface area contributed by atoms with E-state index in [4.69, 9.17) is 0 Å². The van der Waals surface area contributed by atoms with Gasteiger partial charge in [0, 0.05) is 18.8 Å². The monoisotopic (exact) mass is 231 g/mol. The zero-order valence-electron chi connectivity index (χ0n) is 11.4. The molecule has 0 saturated carbocycles. The Morgan fingerprint density at radius 3 is 2.24 bits per heavy atom. The first kappa shape index (κ1) is 12.5. The van der Waals surface area contributed by atoms with Crippen molar-refractivity contribution >= 4 is 5.69 Å². The maximum Gasteiger partial charge on any atom is 0.0366 e. The summed E-state index contributed by atoms with van der Waals surface area (Å²) in [6.07, 6.45) is 4.14. The number of aryl methyl sites for hydroxylation is 1. The molecule has 94 valence electrons. The van der Waals surface area contributed by atoms with Crippen LogP contribution in [0.2, 0.25) is 0 Å². The average Bonchev–Trinajstić information content (AvgIpc) is 2.30. The third-order valence-corrected chi connectivity index (χ3v) is 3.82. The molecule has 0 radical (unpaired) electrons. The van der Waals surface area contributed by atoms with Crippen LogP contribution in [0.3, 0.4) is 0 Å². The van der Waals surface area contributed by atoms with E-state index in [9.17, 15) is 0 Å². The molecule has 0 spiro atoms. The van der Waals surface area contributed by atoms with Gasteiger partial charge in [0.05, 0.1) is 0 Å². The molecule has 1 aliphatic heterocycles. The van der Waals surface area contributed by atoms with Gasteiger partial charge in [-0.25, -0.2) is 0 Å². The van der Waals surface area contributed by atoms with Crippen LogP contribution in [0.4, 0.5) is 5.69 Å². The van der Waals surface area contributed by atoms with Gasteiger partial charge in [0.15, 0.2) is 0 Å². The smallest absolute Gasteiger partial charge is 0.0366 e. The van der Waals surface area contributed by atoms with Crippen molar-refractivity contribution < 1.29 is 0 Å². The second kappa shape index (κ2) is 5.57. The molecular formula is C16H25N. The van der Waals surface area contributed by atoms with E-state index < -0.39 is 0 Å². The van der Waals surface area contributed by atoms with E-state index in [1.807, 2.05) is 0 Å². The summed E-state index contributed by atoms with van der Waals surface area (Å²) < 4.78 is 0. The second-order valence-electron chi connectivity index (χ2n) is 5.90. The molecule has 1 fully saturated rings. The van der Waals surface area contributed by atoms with Crippen molar-refractivity contribution in [2.75, 3.05) is 18.0 Å². The average molecular weight is 231 g/mol. The maximum atomic E-state index is 2.54. The summed E-state index contributed by atoms with van der Waals surface area (Å²) in [5.41, 5.74) is 2.75. The number of piperidine rings is 1. The quantitative estimate of drug-likeness (QED) is 0.751. The van der Waals surface area contributed by atoms with Crippen LogP contribution in [-0.2, 0) is 0 Å². The first-order valence-corrected chi connectivity index (χ1v) is 6.97. The first-order chi connectivity index (χ1) is 8.15. The molecule has 0 amide bonds. The number of hydrogen-bond acceptors (Lipinski definition) is 1. The lowest BCUT2D eigenvalue weighted by atomic mass is 9.88. The Bertz CT molecular complexity index is 331. The minimum atomic E-state index is 0.853. The number of benzene rings is 1. The number of anilines is 1. The zero-order valence-corrected chi connectivity index (χ0v) is 11.4. The van der Waals surface area contributed by atoms with Crippen molar-refractivity contribution in [2.24, 2.45) is 11.8 Å². The van der Waals surface area contributed by atoms with Crippen LogP contribution >= 0.6 is 0 Å². The topological polar surface area (TPSA) is 3.24 Å². The van der Waals surface area contributed by atoms with Crippen molar-refractivity contribution in [3.63, 3.8) is 0 Å². The van der Waals surface area contributed by atoms with Crippen LogP contribution in [0.1, 0.15) is 38.7 Å². The normalized spacial score (nSPS) is 17.8.